The Balaban J connectivity index is 2.87. The first-order valence-corrected chi connectivity index (χ1v) is 4.92. The molecule has 66 valence electrons. The van der Waals surface area contributed by atoms with Crippen LogP contribution in [0.15, 0.2) is 22.8 Å². The zero-order valence-electron chi connectivity index (χ0n) is 6.88. The number of halogens is 2. The lowest BCUT2D eigenvalue weighted by molar-refractivity contribution is 1.20. The Morgan fingerprint density at radius 3 is 2.92 bits per heavy atom. The van der Waals surface area contributed by atoms with Crippen LogP contribution in [0.25, 0.3) is 11.0 Å². The van der Waals surface area contributed by atoms with Gasteiger partial charge in [0.1, 0.15) is 0 Å². The second kappa shape index (κ2) is 3.24. The monoisotopic (exact) mass is 256 g/mol. The fourth-order valence-corrected chi connectivity index (χ4v) is 1.79. The predicted octanol–water partition coefficient (Wildman–Crippen LogP) is 3.35. The van der Waals surface area contributed by atoms with Crippen molar-refractivity contribution >= 4 is 38.6 Å². The minimum atomic E-state index is 0.688. The van der Waals surface area contributed by atoms with Gasteiger partial charge in [-0.25, -0.2) is 9.97 Å². The zero-order valence-corrected chi connectivity index (χ0v) is 9.22. The van der Waals surface area contributed by atoms with Crippen LogP contribution in [0.4, 0.5) is 0 Å². The van der Waals surface area contributed by atoms with E-state index in [4.69, 9.17) is 11.6 Å². The van der Waals surface area contributed by atoms with Crippen molar-refractivity contribution in [1.82, 2.24) is 9.97 Å². The minimum absolute atomic E-state index is 0.688. The van der Waals surface area contributed by atoms with E-state index in [1.54, 1.807) is 6.20 Å². The van der Waals surface area contributed by atoms with E-state index >= 15 is 0 Å². The fourth-order valence-electron chi connectivity index (χ4n) is 1.16. The molecule has 0 saturated carbocycles. The van der Waals surface area contributed by atoms with Gasteiger partial charge in [-0.05, 0) is 35.0 Å². The Hall–Kier alpha value is -0.670. The first-order valence-electron chi connectivity index (χ1n) is 3.75. The molecule has 0 radical (unpaired) electrons. The molecule has 0 fully saturated rings. The van der Waals surface area contributed by atoms with Crippen LogP contribution in [0.1, 0.15) is 5.69 Å². The summed E-state index contributed by atoms with van der Waals surface area (Å²) in [6, 6.07) is 3.75. The fraction of sp³-hybridized carbons (Fsp3) is 0.111. The maximum absolute atomic E-state index is 6.03. The van der Waals surface area contributed by atoms with Gasteiger partial charge in [0.25, 0.3) is 0 Å². The second-order valence-electron chi connectivity index (χ2n) is 2.77. The molecule has 2 rings (SSSR count). The van der Waals surface area contributed by atoms with Crippen LogP contribution >= 0.6 is 27.5 Å². The van der Waals surface area contributed by atoms with Gasteiger partial charge in [-0.3, -0.25) is 0 Å². The maximum Gasteiger partial charge on any atom is 0.160 e. The predicted molar refractivity (Wildman–Crippen MR) is 57.0 cm³/mol. The summed E-state index contributed by atoms with van der Waals surface area (Å²) in [5, 5.41) is 1.57. The maximum atomic E-state index is 6.03. The SMILES string of the molecule is Cc1cc(Cl)c2cc(Br)cnc2n1. The van der Waals surface area contributed by atoms with Gasteiger partial charge >= 0.3 is 0 Å². The lowest BCUT2D eigenvalue weighted by Gasteiger charge is -2.00. The molecule has 2 aromatic rings. The summed E-state index contributed by atoms with van der Waals surface area (Å²) in [5.74, 6) is 0. The highest BCUT2D eigenvalue weighted by Crippen LogP contribution is 2.24. The average Bonchev–Trinajstić information content (AvgIpc) is 2.06. The van der Waals surface area contributed by atoms with Crippen LogP contribution in [0.5, 0.6) is 0 Å². The molecule has 0 N–H and O–H groups in total. The third-order valence-electron chi connectivity index (χ3n) is 1.71. The molecule has 0 aliphatic rings. The van der Waals surface area contributed by atoms with Crippen molar-refractivity contribution in [2.24, 2.45) is 0 Å². The number of hydrogen-bond acceptors (Lipinski definition) is 2. The lowest BCUT2D eigenvalue weighted by atomic mass is 10.2. The normalized spacial score (nSPS) is 10.7. The van der Waals surface area contributed by atoms with Crippen LogP contribution in [0.2, 0.25) is 5.02 Å². The van der Waals surface area contributed by atoms with Gasteiger partial charge < -0.3 is 0 Å². The number of aromatic nitrogens is 2. The number of pyridine rings is 2. The van der Waals surface area contributed by atoms with Crippen LogP contribution in [0.3, 0.4) is 0 Å². The zero-order chi connectivity index (χ0) is 9.42. The van der Waals surface area contributed by atoms with E-state index in [-0.39, 0.29) is 0 Å². The first kappa shape index (κ1) is 8.91. The van der Waals surface area contributed by atoms with Crippen molar-refractivity contribution in [3.8, 4) is 0 Å². The molecule has 0 atom stereocenters. The quantitative estimate of drug-likeness (QED) is 0.723. The Morgan fingerprint density at radius 2 is 2.15 bits per heavy atom. The van der Waals surface area contributed by atoms with Crippen molar-refractivity contribution in [2.45, 2.75) is 6.92 Å². The van der Waals surface area contributed by atoms with E-state index in [2.05, 4.69) is 25.9 Å². The minimum Gasteiger partial charge on any atom is -0.235 e. The summed E-state index contributed by atoms with van der Waals surface area (Å²) in [7, 11) is 0. The van der Waals surface area contributed by atoms with Crippen LogP contribution in [-0.2, 0) is 0 Å². The Morgan fingerprint density at radius 1 is 1.38 bits per heavy atom. The van der Waals surface area contributed by atoms with Gasteiger partial charge in [0, 0.05) is 21.7 Å². The van der Waals surface area contributed by atoms with E-state index in [1.165, 1.54) is 0 Å². The van der Waals surface area contributed by atoms with Crippen LogP contribution in [-0.4, -0.2) is 9.97 Å². The van der Waals surface area contributed by atoms with E-state index in [0.29, 0.717) is 10.7 Å². The number of fused-ring (bicyclic) bond motifs is 1. The molecule has 0 spiro atoms. The molecule has 13 heavy (non-hydrogen) atoms. The Labute approximate surface area is 89.1 Å². The van der Waals surface area contributed by atoms with Gasteiger partial charge in [0.05, 0.1) is 5.02 Å². The van der Waals surface area contributed by atoms with Gasteiger partial charge in [-0.1, -0.05) is 11.6 Å². The molecule has 0 aliphatic heterocycles. The van der Waals surface area contributed by atoms with E-state index < -0.39 is 0 Å². The molecular formula is C9H6BrClN2. The molecule has 0 unspecified atom stereocenters. The van der Waals surface area contributed by atoms with Crippen molar-refractivity contribution < 1.29 is 0 Å². The van der Waals surface area contributed by atoms with Gasteiger partial charge in [-0.2, -0.15) is 0 Å². The van der Waals surface area contributed by atoms with E-state index in [9.17, 15) is 0 Å². The van der Waals surface area contributed by atoms with Gasteiger partial charge in [0.15, 0.2) is 5.65 Å². The van der Waals surface area contributed by atoms with Crippen molar-refractivity contribution in [2.75, 3.05) is 0 Å². The highest BCUT2D eigenvalue weighted by molar-refractivity contribution is 9.10. The van der Waals surface area contributed by atoms with E-state index in [0.717, 1.165) is 15.6 Å². The number of rotatable bonds is 0. The average molecular weight is 258 g/mol. The Bertz CT molecular complexity index is 470. The largest absolute Gasteiger partial charge is 0.235 e. The molecular weight excluding hydrogens is 251 g/mol. The summed E-state index contributed by atoms with van der Waals surface area (Å²) >= 11 is 9.37. The smallest absolute Gasteiger partial charge is 0.160 e. The van der Waals surface area contributed by atoms with Crippen LogP contribution in [0, 0.1) is 6.92 Å². The molecule has 0 saturated heterocycles. The van der Waals surface area contributed by atoms with E-state index in [1.807, 2.05) is 19.1 Å². The highest BCUT2D eigenvalue weighted by atomic mass is 79.9. The molecule has 0 aliphatic carbocycles. The van der Waals surface area contributed by atoms with Gasteiger partial charge in [0.2, 0.25) is 0 Å². The molecule has 2 nitrogen and oxygen atoms in total. The molecule has 0 aromatic carbocycles. The van der Waals surface area contributed by atoms with Crippen molar-refractivity contribution in [3.05, 3.63) is 33.5 Å². The van der Waals surface area contributed by atoms with Crippen molar-refractivity contribution in [3.63, 3.8) is 0 Å². The second-order valence-corrected chi connectivity index (χ2v) is 4.09. The number of hydrogen-bond donors (Lipinski definition) is 0. The molecule has 2 aromatic heterocycles. The standard InChI is InChI=1S/C9H6BrClN2/c1-5-2-8(11)7-3-6(10)4-12-9(7)13-5/h2-4H,1H3. The molecule has 0 amide bonds. The first-order chi connectivity index (χ1) is 6.16. The lowest BCUT2D eigenvalue weighted by Crippen LogP contribution is -1.87. The summed E-state index contributed by atoms with van der Waals surface area (Å²) in [4.78, 5) is 8.42. The van der Waals surface area contributed by atoms with Crippen molar-refractivity contribution in [1.29, 1.82) is 0 Å². The third-order valence-corrected chi connectivity index (χ3v) is 2.45. The topological polar surface area (TPSA) is 25.8 Å². The summed E-state index contributed by atoms with van der Waals surface area (Å²) in [6.45, 7) is 1.90. The highest BCUT2D eigenvalue weighted by Gasteiger charge is 2.02. The summed E-state index contributed by atoms with van der Waals surface area (Å²) in [5.41, 5.74) is 1.57. The molecule has 0 bridgehead atoms. The number of aryl methyl sites for hydroxylation is 1. The molecule has 2 heterocycles. The summed E-state index contributed by atoms with van der Waals surface area (Å²) < 4.78 is 0.910. The third kappa shape index (κ3) is 1.67. The molecule has 4 heteroatoms. The van der Waals surface area contributed by atoms with Crippen LogP contribution < -0.4 is 0 Å². The number of nitrogens with zero attached hydrogens (tertiary/aromatic N) is 2. The Kier molecular flexibility index (Phi) is 2.22. The van der Waals surface area contributed by atoms with Gasteiger partial charge in [-0.15, -0.1) is 0 Å². The summed E-state index contributed by atoms with van der Waals surface area (Å²) in [6.07, 6.45) is 1.71.